The molecule has 0 bridgehead atoms. The Hall–Kier alpha value is -5.09. The maximum absolute atomic E-state index is 13.1. The third-order valence-corrected chi connectivity index (χ3v) is 16.4. The van der Waals surface area contributed by atoms with Gasteiger partial charge in [-0.2, -0.15) is 0 Å². The number of sulfonamides is 1. The van der Waals surface area contributed by atoms with Crippen LogP contribution in [0.15, 0.2) is 32.7 Å². The molecule has 4 heterocycles. The molecule has 0 spiro atoms. The summed E-state index contributed by atoms with van der Waals surface area (Å²) in [6.45, 7) is 18.0. The van der Waals surface area contributed by atoms with Gasteiger partial charge in [0.15, 0.2) is 22.0 Å². The third kappa shape index (κ3) is 10.9. The first kappa shape index (κ1) is 48.0. The first-order chi connectivity index (χ1) is 29.2. The largest absolute Gasteiger partial charge is 0.451 e. The fourth-order valence-corrected chi connectivity index (χ4v) is 12.2. The van der Waals surface area contributed by atoms with Crippen LogP contribution in [0.25, 0.3) is 11.6 Å². The number of rotatable bonds is 19. The second-order valence-corrected chi connectivity index (χ2v) is 20.7. The first-order valence-electron chi connectivity index (χ1n) is 20.4. The molecule has 1 aromatic carbocycles. The van der Waals surface area contributed by atoms with Crippen LogP contribution in [-0.2, 0) is 53.3 Å². The zero-order chi connectivity index (χ0) is 45.7. The van der Waals surface area contributed by atoms with Gasteiger partial charge in [-0.3, -0.25) is 19.2 Å². The van der Waals surface area contributed by atoms with Gasteiger partial charge >= 0.3 is 11.9 Å². The highest BCUT2D eigenvalue weighted by Crippen LogP contribution is 2.43. The highest BCUT2D eigenvalue weighted by atomic mass is 32.3. The fourth-order valence-electron chi connectivity index (χ4n) is 7.12. The van der Waals surface area contributed by atoms with Gasteiger partial charge in [0.1, 0.15) is 8.42 Å². The van der Waals surface area contributed by atoms with Crippen LogP contribution in [0.4, 0.5) is 17.1 Å². The maximum atomic E-state index is 13.1. The summed E-state index contributed by atoms with van der Waals surface area (Å²) in [5, 5.41) is 11.5. The van der Waals surface area contributed by atoms with Gasteiger partial charge < -0.3 is 40.6 Å². The molecule has 2 aromatic heterocycles. The number of hydrogen-bond acceptors (Lipinski definition) is 15. The van der Waals surface area contributed by atoms with Crippen LogP contribution in [0.2, 0.25) is 0 Å². The molecule has 5 rings (SSSR count). The van der Waals surface area contributed by atoms with E-state index in [9.17, 15) is 40.8 Å². The van der Waals surface area contributed by atoms with Gasteiger partial charge in [-0.25, -0.2) is 26.4 Å². The van der Waals surface area contributed by atoms with Crippen molar-refractivity contribution in [2.45, 2.75) is 107 Å². The van der Waals surface area contributed by atoms with Gasteiger partial charge in [-0.1, -0.05) is 20.8 Å². The Labute approximate surface area is 365 Å². The van der Waals surface area contributed by atoms with Crippen LogP contribution in [-0.4, -0.2) is 107 Å². The van der Waals surface area contributed by atoms with E-state index in [4.69, 9.17) is 9.47 Å². The number of benzene rings is 1. The van der Waals surface area contributed by atoms with Gasteiger partial charge in [0.25, 0.3) is 21.8 Å². The number of sulfone groups is 1. The minimum absolute atomic E-state index is 0.0924. The predicted molar refractivity (Wildman–Crippen MR) is 236 cm³/mol. The molecular weight excluding hydrogens is 863 g/mol. The molecule has 0 saturated heterocycles. The fraction of sp³-hybridized carbons (Fsp3) is 0.488. The number of fused-ring (bicyclic) bond motifs is 2. The van der Waals surface area contributed by atoms with E-state index < -0.39 is 77.7 Å². The van der Waals surface area contributed by atoms with E-state index in [1.165, 1.54) is 13.0 Å². The van der Waals surface area contributed by atoms with Crippen molar-refractivity contribution >= 4 is 89.6 Å². The summed E-state index contributed by atoms with van der Waals surface area (Å²) in [5.41, 5.74) is 5.88. The van der Waals surface area contributed by atoms with Crippen LogP contribution in [0.5, 0.6) is 0 Å². The summed E-state index contributed by atoms with van der Waals surface area (Å²) in [6.07, 6.45) is -1.88. The number of carbonyl (C=O) groups is 5. The average Bonchev–Trinajstić information content (AvgIpc) is 3.89. The minimum Gasteiger partial charge on any atom is -0.451 e. The number of hydrogen-bond donors (Lipinski definition) is 6. The molecule has 2 aliphatic heterocycles. The normalized spacial score (nSPS) is 18.3. The molecule has 0 aliphatic carbocycles. The van der Waals surface area contributed by atoms with Crippen molar-refractivity contribution in [3.8, 4) is 0 Å². The number of H-pyrrole nitrogens is 1. The Morgan fingerprint density at radius 1 is 1.03 bits per heavy atom. The Morgan fingerprint density at radius 3 is 2.42 bits per heavy atom. The molecular formula is C41H55N7O11S3. The summed E-state index contributed by atoms with van der Waals surface area (Å²) >= 11 is 0.533. The molecule has 3 aromatic rings. The van der Waals surface area contributed by atoms with Crippen molar-refractivity contribution in [2.24, 2.45) is 0 Å². The molecule has 21 heteroatoms. The number of thiophene rings is 1. The van der Waals surface area contributed by atoms with E-state index in [1.807, 2.05) is 25.5 Å². The van der Waals surface area contributed by atoms with E-state index in [2.05, 4.69) is 45.0 Å². The lowest BCUT2D eigenvalue weighted by atomic mass is 10.0. The molecule has 0 fully saturated rings. The Kier molecular flexibility index (Phi) is 15.4. The number of aryl methyl sites for hydroxylation is 1. The zero-order valence-corrected chi connectivity index (χ0v) is 38.5. The van der Waals surface area contributed by atoms with Crippen LogP contribution >= 0.6 is 11.3 Å². The molecule has 338 valence electrons. The quantitative estimate of drug-likeness (QED) is 0.0727. The number of anilines is 3. The van der Waals surface area contributed by atoms with E-state index in [1.54, 1.807) is 31.2 Å². The highest BCUT2D eigenvalue weighted by molar-refractivity contribution is 7.95. The van der Waals surface area contributed by atoms with Crippen LogP contribution in [0, 0.1) is 13.8 Å². The summed E-state index contributed by atoms with van der Waals surface area (Å²) in [5.74, 6) is -4.13. The molecule has 0 unspecified atom stereocenters. The highest BCUT2D eigenvalue weighted by Gasteiger charge is 2.40. The number of likely N-dealkylation sites (N-methyl/N-ethyl adjacent to an activating group) is 1. The van der Waals surface area contributed by atoms with Crippen molar-refractivity contribution in [2.75, 3.05) is 48.7 Å². The van der Waals surface area contributed by atoms with Crippen LogP contribution in [0.3, 0.4) is 0 Å². The molecule has 0 radical (unpaired) electrons. The number of amides is 3. The lowest BCUT2D eigenvalue weighted by molar-refractivity contribution is -0.171. The van der Waals surface area contributed by atoms with Crippen molar-refractivity contribution < 1.29 is 50.3 Å². The van der Waals surface area contributed by atoms with Gasteiger partial charge in [0.05, 0.1) is 22.9 Å². The van der Waals surface area contributed by atoms with Gasteiger partial charge in [-0.15, -0.1) is 11.3 Å². The van der Waals surface area contributed by atoms with Gasteiger partial charge in [-0.05, 0) is 96.6 Å². The van der Waals surface area contributed by atoms with Crippen molar-refractivity contribution in [1.29, 1.82) is 0 Å². The SMILES string of the molecule is CCN[C@H]1C[C@H](C)S(=O)(=O)c2sc(S(=O)(=O)NC(=O)[C@@H](C)OC(=O)[C@@H](C)OC(=O)CCC(=O)Nc3ccc4c(c3)/C(=C/c3[nH]c(C)c(NCCN(CC)CC)c3C)C(=O)N4)cc21. The van der Waals surface area contributed by atoms with E-state index in [0.717, 1.165) is 55.7 Å². The number of esters is 2. The second-order valence-electron chi connectivity index (χ2n) is 15.1. The first-order valence-corrected chi connectivity index (χ1v) is 24.2. The van der Waals surface area contributed by atoms with Gasteiger partial charge in [0.2, 0.25) is 5.91 Å². The summed E-state index contributed by atoms with van der Waals surface area (Å²) in [4.78, 5) is 69.7. The van der Waals surface area contributed by atoms with Crippen LogP contribution in [0.1, 0.15) is 94.9 Å². The van der Waals surface area contributed by atoms with E-state index >= 15 is 0 Å². The zero-order valence-electron chi connectivity index (χ0n) is 36.0. The van der Waals surface area contributed by atoms with Crippen molar-refractivity contribution in [1.82, 2.24) is 19.9 Å². The third-order valence-electron chi connectivity index (χ3n) is 10.7. The molecule has 6 N–H and O–H groups in total. The Bertz CT molecular complexity index is 2470. The van der Waals surface area contributed by atoms with Crippen molar-refractivity contribution in [3.63, 3.8) is 0 Å². The average molecular weight is 918 g/mol. The lowest BCUT2D eigenvalue weighted by Gasteiger charge is -2.27. The molecule has 0 saturated carbocycles. The van der Waals surface area contributed by atoms with Gasteiger partial charge in [0, 0.05) is 59.4 Å². The molecule has 18 nitrogen and oxygen atoms in total. The summed E-state index contributed by atoms with van der Waals surface area (Å²) < 4.78 is 63.7. The number of carbonyl (C=O) groups excluding carboxylic acids is 5. The predicted octanol–water partition coefficient (Wildman–Crippen LogP) is 4.24. The molecule has 3 amide bonds. The summed E-state index contributed by atoms with van der Waals surface area (Å²) in [7, 11) is -8.35. The Balaban J connectivity index is 1.12. The van der Waals surface area contributed by atoms with Crippen molar-refractivity contribution in [3.05, 3.63) is 52.3 Å². The molecule has 4 atom stereocenters. The monoisotopic (exact) mass is 917 g/mol. The van der Waals surface area contributed by atoms with E-state index in [0.29, 0.717) is 46.0 Å². The lowest BCUT2D eigenvalue weighted by Crippen LogP contribution is -2.41. The topological polar surface area (TPSA) is 251 Å². The maximum Gasteiger partial charge on any atom is 0.347 e. The van der Waals surface area contributed by atoms with Crippen LogP contribution < -0.4 is 26.0 Å². The standard InChI is InChI=1S/C41H55N7O11S3/c1-9-42-33-18-22(4)61(54,55)41-30(33)21-36(60-41)62(56,57)47-38(51)25(7)59-40(53)26(8)58-35(50)15-14-34(49)45-27-12-13-31-28(19-27)29(39(52)46-31)20-32-23(5)37(24(6)44-32)43-16-17-48(10-2)11-3/h12-13,19-22,25-26,33,42-44H,9-11,14-18H2,1-8H3,(H,45,49)(H,46,52)(H,47,51)/b29-20-/t22-,25+,26+,33-/m0/s1. The second kappa shape index (κ2) is 20.0. The number of nitrogens with zero attached hydrogens (tertiary/aromatic N) is 1. The number of nitrogens with one attached hydrogen (secondary N) is 6. The number of aromatic nitrogens is 1. The minimum atomic E-state index is -4.56. The Morgan fingerprint density at radius 2 is 1.74 bits per heavy atom. The smallest absolute Gasteiger partial charge is 0.347 e. The molecule has 2 aliphatic rings. The number of aromatic amines is 1. The summed E-state index contributed by atoms with van der Waals surface area (Å²) in [6, 6.07) is 5.75. The number of ether oxygens (including phenoxy) is 2. The van der Waals surface area contributed by atoms with E-state index in [-0.39, 0.29) is 23.0 Å². The molecule has 62 heavy (non-hydrogen) atoms.